The molecule has 1 saturated heterocycles. The van der Waals surface area contributed by atoms with Gasteiger partial charge in [0.25, 0.3) is 0 Å². The van der Waals surface area contributed by atoms with Crippen LogP contribution in [0.5, 0.6) is 0 Å². The fourth-order valence-corrected chi connectivity index (χ4v) is 1.65. The molecule has 2 N–H and O–H groups in total. The average Bonchev–Trinajstić information content (AvgIpc) is 2.42. The highest BCUT2D eigenvalue weighted by molar-refractivity contribution is 5.83. The van der Waals surface area contributed by atoms with Crippen molar-refractivity contribution in [3.05, 3.63) is 0 Å². The van der Waals surface area contributed by atoms with Crippen LogP contribution in [0.2, 0.25) is 0 Å². The predicted octanol–water partition coefficient (Wildman–Crippen LogP) is -0.650. The van der Waals surface area contributed by atoms with Crippen LogP contribution < -0.4 is 10.6 Å². The molecule has 6 heteroatoms. The molecule has 0 aromatic rings. The van der Waals surface area contributed by atoms with Crippen LogP contribution in [-0.2, 0) is 14.3 Å². The van der Waals surface area contributed by atoms with Crippen LogP contribution in [0.25, 0.3) is 0 Å². The summed E-state index contributed by atoms with van der Waals surface area (Å²) in [5, 5.41) is 5.83. The molecule has 1 unspecified atom stereocenters. The van der Waals surface area contributed by atoms with E-state index < -0.39 is 0 Å². The van der Waals surface area contributed by atoms with Gasteiger partial charge in [-0.1, -0.05) is 0 Å². The Balaban J connectivity index is 2.15. The normalized spacial score (nSPS) is 17.3. The zero-order valence-electron chi connectivity index (χ0n) is 11.2. The van der Waals surface area contributed by atoms with Gasteiger partial charge in [0, 0.05) is 38.5 Å². The smallest absolute Gasteiger partial charge is 0.223 e. The Morgan fingerprint density at radius 3 is 2.56 bits per heavy atom. The fourth-order valence-electron chi connectivity index (χ4n) is 1.65. The van der Waals surface area contributed by atoms with Crippen LogP contribution in [0.4, 0.5) is 0 Å². The highest BCUT2D eigenvalue weighted by Crippen LogP contribution is 2.02. The van der Waals surface area contributed by atoms with Crippen LogP contribution in [0.3, 0.4) is 0 Å². The maximum atomic E-state index is 11.8. The lowest BCUT2D eigenvalue weighted by Crippen LogP contribution is -2.41. The van der Waals surface area contributed by atoms with Gasteiger partial charge in [0.15, 0.2) is 0 Å². The fraction of sp³-hybridized carbons (Fsp3) is 0.833. The highest BCUT2D eigenvalue weighted by atomic mass is 16.5. The van der Waals surface area contributed by atoms with Crippen molar-refractivity contribution in [2.75, 3.05) is 39.9 Å². The van der Waals surface area contributed by atoms with Gasteiger partial charge in [-0.2, -0.15) is 0 Å². The molecule has 0 saturated carbocycles. The minimum Gasteiger partial charge on any atom is -0.378 e. The van der Waals surface area contributed by atoms with Gasteiger partial charge in [-0.25, -0.2) is 0 Å². The van der Waals surface area contributed by atoms with E-state index in [-0.39, 0.29) is 30.7 Å². The maximum Gasteiger partial charge on any atom is 0.223 e. The first-order valence-corrected chi connectivity index (χ1v) is 6.43. The Morgan fingerprint density at radius 1 is 1.28 bits per heavy atom. The Labute approximate surface area is 108 Å². The molecule has 0 spiro atoms. The topological polar surface area (TPSA) is 70.7 Å². The lowest BCUT2D eigenvalue weighted by Gasteiger charge is -2.26. The molecule has 0 radical (unpaired) electrons. The van der Waals surface area contributed by atoms with Crippen molar-refractivity contribution >= 4 is 11.8 Å². The summed E-state index contributed by atoms with van der Waals surface area (Å²) in [6.07, 6.45) is 0.534. The van der Waals surface area contributed by atoms with Crippen molar-refractivity contribution in [1.82, 2.24) is 15.5 Å². The van der Waals surface area contributed by atoms with E-state index in [0.29, 0.717) is 32.8 Å². The van der Waals surface area contributed by atoms with Crippen molar-refractivity contribution in [1.29, 1.82) is 0 Å². The molecular weight excluding hydrogens is 234 g/mol. The molecule has 1 fully saturated rings. The molecule has 0 bridgehead atoms. The van der Waals surface area contributed by atoms with Gasteiger partial charge < -0.3 is 20.3 Å². The second-order valence-electron chi connectivity index (χ2n) is 4.49. The van der Waals surface area contributed by atoms with Crippen LogP contribution >= 0.6 is 0 Å². The molecular formula is C12H23N3O3. The van der Waals surface area contributed by atoms with Gasteiger partial charge in [-0.15, -0.1) is 0 Å². The number of amides is 2. The van der Waals surface area contributed by atoms with Crippen LogP contribution in [0.15, 0.2) is 0 Å². The Hall–Kier alpha value is -1.14. The first-order valence-electron chi connectivity index (χ1n) is 6.43. The van der Waals surface area contributed by atoms with E-state index in [1.165, 1.54) is 0 Å². The molecule has 18 heavy (non-hydrogen) atoms. The molecule has 1 aliphatic rings. The minimum atomic E-state index is -0.0706. The van der Waals surface area contributed by atoms with E-state index in [0.717, 1.165) is 0 Å². The van der Waals surface area contributed by atoms with Crippen molar-refractivity contribution in [2.45, 2.75) is 25.8 Å². The maximum absolute atomic E-state index is 11.8. The van der Waals surface area contributed by atoms with Crippen LogP contribution in [0, 0.1) is 0 Å². The van der Waals surface area contributed by atoms with Gasteiger partial charge in [0.1, 0.15) is 0 Å². The molecule has 1 atom stereocenters. The van der Waals surface area contributed by atoms with Crippen molar-refractivity contribution in [2.24, 2.45) is 0 Å². The summed E-state index contributed by atoms with van der Waals surface area (Å²) in [7, 11) is 1.85. The summed E-state index contributed by atoms with van der Waals surface area (Å²) in [5.74, 6) is -0.0335. The van der Waals surface area contributed by atoms with E-state index in [1.807, 2.05) is 14.0 Å². The number of hydrogen-bond acceptors (Lipinski definition) is 4. The lowest BCUT2D eigenvalue weighted by molar-refractivity contribution is -0.137. The van der Waals surface area contributed by atoms with E-state index in [4.69, 9.17) is 4.74 Å². The van der Waals surface area contributed by atoms with Crippen LogP contribution in [-0.4, -0.2) is 62.7 Å². The summed E-state index contributed by atoms with van der Waals surface area (Å²) in [5.41, 5.74) is 0. The SMILES string of the molecule is CNC(C)CNC(=O)CCC(=O)N1CCOCC1. The van der Waals surface area contributed by atoms with E-state index in [2.05, 4.69) is 10.6 Å². The zero-order chi connectivity index (χ0) is 13.4. The van der Waals surface area contributed by atoms with E-state index in [9.17, 15) is 9.59 Å². The summed E-state index contributed by atoms with van der Waals surface area (Å²) in [6.45, 7) is 5.03. The average molecular weight is 257 g/mol. The molecule has 1 heterocycles. The molecule has 6 nitrogen and oxygen atoms in total. The number of likely N-dealkylation sites (N-methyl/N-ethyl adjacent to an activating group) is 1. The number of rotatable bonds is 6. The number of hydrogen-bond donors (Lipinski definition) is 2. The van der Waals surface area contributed by atoms with Crippen molar-refractivity contribution in [3.63, 3.8) is 0 Å². The van der Waals surface area contributed by atoms with Gasteiger partial charge in [0.2, 0.25) is 11.8 Å². The third kappa shape index (κ3) is 5.46. The number of ether oxygens (including phenoxy) is 1. The lowest BCUT2D eigenvalue weighted by atomic mass is 10.2. The van der Waals surface area contributed by atoms with Gasteiger partial charge in [-0.05, 0) is 14.0 Å². The first kappa shape index (κ1) is 14.9. The Kier molecular flexibility index (Phi) is 6.67. The largest absolute Gasteiger partial charge is 0.378 e. The van der Waals surface area contributed by atoms with Gasteiger partial charge in [-0.3, -0.25) is 9.59 Å². The quantitative estimate of drug-likeness (QED) is 0.663. The zero-order valence-corrected chi connectivity index (χ0v) is 11.2. The third-order valence-electron chi connectivity index (χ3n) is 3.03. The van der Waals surface area contributed by atoms with Crippen molar-refractivity contribution in [3.8, 4) is 0 Å². The molecule has 0 aromatic heterocycles. The number of carbonyl (C=O) groups excluding carboxylic acids is 2. The van der Waals surface area contributed by atoms with Gasteiger partial charge in [0.05, 0.1) is 13.2 Å². The second-order valence-corrected chi connectivity index (χ2v) is 4.49. The summed E-state index contributed by atoms with van der Waals surface area (Å²) >= 11 is 0. The molecule has 1 aliphatic heterocycles. The number of morpholine rings is 1. The molecule has 104 valence electrons. The monoisotopic (exact) mass is 257 g/mol. The third-order valence-corrected chi connectivity index (χ3v) is 3.03. The number of nitrogens with one attached hydrogen (secondary N) is 2. The van der Waals surface area contributed by atoms with Crippen molar-refractivity contribution < 1.29 is 14.3 Å². The van der Waals surface area contributed by atoms with Crippen LogP contribution in [0.1, 0.15) is 19.8 Å². The summed E-state index contributed by atoms with van der Waals surface area (Å²) in [4.78, 5) is 25.0. The molecule has 0 aromatic carbocycles. The first-order chi connectivity index (χ1) is 8.63. The minimum absolute atomic E-state index is 0.0371. The summed E-state index contributed by atoms with van der Waals surface area (Å²) < 4.78 is 5.17. The molecule has 2 amide bonds. The summed E-state index contributed by atoms with van der Waals surface area (Å²) in [6, 6.07) is 0.240. The Morgan fingerprint density at radius 2 is 1.94 bits per heavy atom. The van der Waals surface area contributed by atoms with E-state index >= 15 is 0 Å². The Bertz CT molecular complexity index is 278. The predicted molar refractivity (Wildman–Crippen MR) is 68.2 cm³/mol. The number of nitrogens with zero attached hydrogens (tertiary/aromatic N) is 1. The second kappa shape index (κ2) is 8.05. The van der Waals surface area contributed by atoms with E-state index in [1.54, 1.807) is 4.90 Å². The van der Waals surface area contributed by atoms with Gasteiger partial charge >= 0.3 is 0 Å². The molecule has 0 aliphatic carbocycles. The number of carbonyl (C=O) groups is 2. The highest BCUT2D eigenvalue weighted by Gasteiger charge is 2.17. The molecule has 1 rings (SSSR count). The standard InChI is InChI=1S/C12H23N3O3/c1-10(13-2)9-14-11(16)3-4-12(17)15-5-7-18-8-6-15/h10,13H,3-9H2,1-2H3,(H,14,16).